The van der Waals surface area contributed by atoms with Gasteiger partial charge in [0.05, 0.1) is 18.8 Å². The molecule has 0 spiro atoms. The molecule has 34 heavy (non-hydrogen) atoms. The van der Waals surface area contributed by atoms with E-state index in [1.54, 1.807) is 11.1 Å². The number of nitrogens with zero attached hydrogens (tertiary/aromatic N) is 4. The Morgan fingerprint density at radius 3 is 2.59 bits per heavy atom. The number of likely N-dealkylation sites (tertiary alicyclic amines) is 1. The first kappa shape index (κ1) is 21.0. The number of nitrogens with one attached hydrogen (secondary N) is 1. The molecule has 2 bridgehead atoms. The van der Waals surface area contributed by atoms with E-state index < -0.39 is 0 Å². The van der Waals surface area contributed by atoms with Crippen LogP contribution in [0.1, 0.15) is 61.8 Å². The molecule has 2 aromatic rings. The number of alkyl halides is 1. The Kier molecular flexibility index (Phi) is 4.85. The molecule has 2 aliphatic heterocycles. The minimum absolute atomic E-state index is 0.235. The maximum absolute atomic E-state index is 12.4. The van der Waals surface area contributed by atoms with Crippen molar-refractivity contribution in [1.29, 1.82) is 0 Å². The van der Waals surface area contributed by atoms with Crippen LogP contribution in [-0.2, 0) is 6.42 Å². The highest BCUT2D eigenvalue weighted by Crippen LogP contribution is 2.65. The first-order valence-corrected chi connectivity index (χ1v) is 13.1. The lowest BCUT2D eigenvalue weighted by Gasteiger charge is -2.70. The average Bonchev–Trinajstić information content (AvgIpc) is 3.12. The molecule has 6 aliphatic rings. The first-order chi connectivity index (χ1) is 16.6. The molecular formula is C28H34FN5. The number of halogens is 1. The van der Waals surface area contributed by atoms with Crippen molar-refractivity contribution in [3.8, 4) is 0 Å². The Hall–Kier alpha value is -2.31. The number of benzene rings is 1. The van der Waals surface area contributed by atoms with Crippen LogP contribution in [0.3, 0.4) is 0 Å². The summed E-state index contributed by atoms with van der Waals surface area (Å²) in [5, 5.41) is 3.47. The molecule has 0 radical (unpaired) electrons. The number of fused-ring (bicyclic) bond motifs is 2. The van der Waals surface area contributed by atoms with Crippen LogP contribution >= 0.6 is 0 Å². The largest absolute Gasteiger partial charge is 0.349 e. The standard InChI is InChI=1S/C28H34FN5/c1-18-9-24-23-6-3-2-5-20(23)10-25(24)26(34(18)28-11-19(12-28)13-28)21-14-30-27(31-15-21)32-22-16-33(17-22)8-4-7-29/h2-3,5-6,14-15,18-19,22,26H,4,7-13,16-17H2,1H3,(H,30,31,32)/t18-,19?,26-,28?/m1/s1. The Morgan fingerprint density at radius 2 is 1.88 bits per heavy atom. The molecule has 3 saturated carbocycles. The average molecular weight is 460 g/mol. The highest BCUT2D eigenvalue weighted by molar-refractivity contribution is 5.79. The van der Waals surface area contributed by atoms with Crippen molar-refractivity contribution in [2.24, 2.45) is 5.92 Å². The van der Waals surface area contributed by atoms with Gasteiger partial charge in [-0.2, -0.15) is 0 Å². The van der Waals surface area contributed by atoms with Gasteiger partial charge in [-0.25, -0.2) is 9.97 Å². The smallest absolute Gasteiger partial charge is 0.222 e. The van der Waals surface area contributed by atoms with Crippen LogP contribution in [0, 0.1) is 5.92 Å². The van der Waals surface area contributed by atoms with E-state index in [0.717, 1.165) is 38.4 Å². The van der Waals surface area contributed by atoms with Gasteiger partial charge in [-0.05, 0) is 73.6 Å². The lowest BCUT2D eigenvalue weighted by molar-refractivity contribution is -0.173. The molecule has 6 heteroatoms. The van der Waals surface area contributed by atoms with E-state index in [2.05, 4.69) is 58.7 Å². The molecule has 1 aromatic heterocycles. The lowest BCUT2D eigenvalue weighted by atomic mass is 9.48. The van der Waals surface area contributed by atoms with Gasteiger partial charge < -0.3 is 5.32 Å². The third-order valence-corrected chi connectivity index (χ3v) is 9.13. The van der Waals surface area contributed by atoms with Gasteiger partial charge in [-0.1, -0.05) is 24.3 Å². The molecule has 2 atom stereocenters. The molecule has 0 unspecified atom stereocenters. The Bertz CT molecular complexity index is 1100. The van der Waals surface area contributed by atoms with E-state index >= 15 is 0 Å². The fourth-order valence-electron chi connectivity index (χ4n) is 7.49. The van der Waals surface area contributed by atoms with Gasteiger partial charge in [0.15, 0.2) is 0 Å². The van der Waals surface area contributed by atoms with Gasteiger partial charge >= 0.3 is 0 Å². The van der Waals surface area contributed by atoms with Gasteiger partial charge in [0, 0.05) is 49.2 Å². The molecule has 0 amide bonds. The highest BCUT2D eigenvalue weighted by atomic mass is 19.1. The predicted octanol–water partition coefficient (Wildman–Crippen LogP) is 4.63. The molecule has 178 valence electrons. The minimum Gasteiger partial charge on any atom is -0.349 e. The van der Waals surface area contributed by atoms with E-state index in [9.17, 15) is 4.39 Å². The zero-order chi connectivity index (χ0) is 22.9. The maximum atomic E-state index is 12.4. The van der Waals surface area contributed by atoms with E-state index in [-0.39, 0.29) is 12.7 Å². The van der Waals surface area contributed by atoms with Crippen LogP contribution in [0.15, 0.2) is 42.2 Å². The molecule has 3 heterocycles. The zero-order valence-corrected chi connectivity index (χ0v) is 20.0. The van der Waals surface area contributed by atoms with Crippen LogP contribution in [0.2, 0.25) is 0 Å². The Balaban J connectivity index is 1.15. The van der Waals surface area contributed by atoms with Crippen LogP contribution in [-0.4, -0.2) is 63.7 Å². The molecule has 8 rings (SSSR count). The fraction of sp³-hybridized carbons (Fsp3) is 0.571. The second-order valence-corrected chi connectivity index (χ2v) is 11.4. The molecule has 4 aliphatic carbocycles. The van der Waals surface area contributed by atoms with Crippen molar-refractivity contribution >= 4 is 11.5 Å². The fourth-order valence-corrected chi connectivity index (χ4v) is 7.49. The van der Waals surface area contributed by atoms with E-state index in [0.29, 0.717) is 30.0 Å². The lowest BCUT2D eigenvalue weighted by Crippen LogP contribution is -2.71. The SMILES string of the molecule is C[C@@H]1CC2=C(Cc3ccccc32)[C@@H](c2cnc(NC3CN(CCCF)C3)nc2)N1C12CC(C1)C2. The van der Waals surface area contributed by atoms with Crippen molar-refractivity contribution in [1.82, 2.24) is 19.8 Å². The number of aromatic nitrogens is 2. The van der Waals surface area contributed by atoms with Crippen molar-refractivity contribution in [3.05, 3.63) is 58.9 Å². The van der Waals surface area contributed by atoms with Gasteiger partial charge in [-0.3, -0.25) is 14.2 Å². The third-order valence-electron chi connectivity index (χ3n) is 9.13. The van der Waals surface area contributed by atoms with Gasteiger partial charge in [-0.15, -0.1) is 0 Å². The summed E-state index contributed by atoms with van der Waals surface area (Å²) in [6.07, 6.45) is 11.1. The summed E-state index contributed by atoms with van der Waals surface area (Å²) in [6, 6.07) is 10.1. The van der Waals surface area contributed by atoms with Gasteiger partial charge in [0.25, 0.3) is 0 Å². The predicted molar refractivity (Wildman–Crippen MR) is 132 cm³/mol. The number of rotatable bonds is 7. The second kappa shape index (κ2) is 7.85. The topological polar surface area (TPSA) is 44.3 Å². The minimum atomic E-state index is -0.235. The zero-order valence-electron chi connectivity index (χ0n) is 20.0. The van der Waals surface area contributed by atoms with E-state index in [1.807, 2.05) is 0 Å². The van der Waals surface area contributed by atoms with Crippen LogP contribution in [0.5, 0.6) is 0 Å². The van der Waals surface area contributed by atoms with E-state index in [1.165, 1.54) is 36.0 Å². The normalized spacial score (nSPS) is 32.5. The van der Waals surface area contributed by atoms with Gasteiger partial charge in [0.2, 0.25) is 5.95 Å². The molecule has 1 aromatic carbocycles. The summed E-state index contributed by atoms with van der Waals surface area (Å²) >= 11 is 0. The van der Waals surface area contributed by atoms with Gasteiger partial charge in [0.1, 0.15) is 0 Å². The number of hydrogen-bond donors (Lipinski definition) is 1. The van der Waals surface area contributed by atoms with Crippen molar-refractivity contribution in [2.45, 2.75) is 69.1 Å². The highest BCUT2D eigenvalue weighted by Gasteiger charge is 2.63. The Labute approximate surface area is 201 Å². The molecule has 1 saturated heterocycles. The molecule has 5 nitrogen and oxygen atoms in total. The number of hydrogen-bond acceptors (Lipinski definition) is 5. The van der Waals surface area contributed by atoms with Crippen molar-refractivity contribution < 1.29 is 4.39 Å². The van der Waals surface area contributed by atoms with Crippen molar-refractivity contribution in [3.63, 3.8) is 0 Å². The van der Waals surface area contributed by atoms with Crippen LogP contribution in [0.4, 0.5) is 10.3 Å². The molecular weight excluding hydrogens is 425 g/mol. The van der Waals surface area contributed by atoms with Crippen LogP contribution < -0.4 is 5.32 Å². The van der Waals surface area contributed by atoms with Crippen LogP contribution in [0.25, 0.3) is 5.57 Å². The summed E-state index contributed by atoms with van der Waals surface area (Å²) in [5.41, 5.74) is 7.73. The summed E-state index contributed by atoms with van der Waals surface area (Å²) in [6.45, 7) is 4.92. The Morgan fingerprint density at radius 1 is 1.12 bits per heavy atom. The molecule has 1 N–H and O–H groups in total. The summed E-state index contributed by atoms with van der Waals surface area (Å²) < 4.78 is 12.4. The van der Waals surface area contributed by atoms with E-state index in [4.69, 9.17) is 9.97 Å². The number of anilines is 1. The summed E-state index contributed by atoms with van der Waals surface area (Å²) in [4.78, 5) is 14.7. The summed E-state index contributed by atoms with van der Waals surface area (Å²) in [7, 11) is 0. The first-order valence-electron chi connectivity index (χ1n) is 13.1. The molecule has 4 fully saturated rings. The third kappa shape index (κ3) is 3.18. The van der Waals surface area contributed by atoms with Crippen molar-refractivity contribution in [2.75, 3.05) is 31.6 Å². The monoisotopic (exact) mass is 459 g/mol. The second-order valence-electron chi connectivity index (χ2n) is 11.4. The maximum Gasteiger partial charge on any atom is 0.222 e. The summed E-state index contributed by atoms with van der Waals surface area (Å²) in [5.74, 6) is 1.67. The quantitative estimate of drug-likeness (QED) is 0.654.